The predicted molar refractivity (Wildman–Crippen MR) is 95.6 cm³/mol. The van der Waals surface area contributed by atoms with Gasteiger partial charge in [0.25, 0.3) is 5.91 Å². The third kappa shape index (κ3) is 6.45. The third-order valence-corrected chi connectivity index (χ3v) is 5.63. The van der Waals surface area contributed by atoms with Crippen LogP contribution in [0.15, 0.2) is 0 Å². The molecule has 0 unspecified atom stereocenters. The lowest BCUT2D eigenvalue weighted by Crippen LogP contribution is -2.44. The SMILES string of the molecule is CCCCN(C(=O)COC(=O)CC1CCCCC1)C1CCCCC1. The van der Waals surface area contributed by atoms with Gasteiger partial charge in [-0.2, -0.15) is 0 Å². The molecule has 4 nitrogen and oxygen atoms in total. The highest BCUT2D eigenvalue weighted by atomic mass is 16.5. The second kappa shape index (κ2) is 10.7. The van der Waals surface area contributed by atoms with Gasteiger partial charge in [0.1, 0.15) is 0 Å². The number of hydrogen-bond donors (Lipinski definition) is 0. The lowest BCUT2D eigenvalue weighted by molar-refractivity contribution is -0.154. The van der Waals surface area contributed by atoms with E-state index in [0.717, 1.165) is 45.1 Å². The number of unbranched alkanes of at least 4 members (excludes halogenated alkanes) is 1. The van der Waals surface area contributed by atoms with Crippen molar-refractivity contribution in [3.63, 3.8) is 0 Å². The number of rotatable bonds is 8. The first-order valence-electron chi connectivity index (χ1n) is 10.2. The van der Waals surface area contributed by atoms with Gasteiger partial charge in [0.2, 0.25) is 0 Å². The Morgan fingerprint density at radius 2 is 1.58 bits per heavy atom. The van der Waals surface area contributed by atoms with Gasteiger partial charge in [-0.1, -0.05) is 51.9 Å². The van der Waals surface area contributed by atoms with Crippen molar-refractivity contribution in [2.24, 2.45) is 5.92 Å². The van der Waals surface area contributed by atoms with E-state index in [1.54, 1.807) is 0 Å². The van der Waals surface area contributed by atoms with Crippen LogP contribution in [0.1, 0.15) is 90.4 Å². The Morgan fingerprint density at radius 3 is 2.21 bits per heavy atom. The molecule has 0 aromatic carbocycles. The van der Waals surface area contributed by atoms with Crippen LogP contribution in [-0.2, 0) is 14.3 Å². The number of nitrogens with zero attached hydrogens (tertiary/aromatic N) is 1. The molecule has 24 heavy (non-hydrogen) atoms. The van der Waals surface area contributed by atoms with Crippen LogP contribution in [-0.4, -0.2) is 36.0 Å². The molecule has 0 aliphatic heterocycles. The highest BCUT2D eigenvalue weighted by molar-refractivity contribution is 5.81. The van der Waals surface area contributed by atoms with Gasteiger partial charge in [-0.25, -0.2) is 0 Å². The number of carbonyl (C=O) groups is 2. The summed E-state index contributed by atoms with van der Waals surface area (Å²) in [6.45, 7) is 2.89. The molecule has 0 radical (unpaired) electrons. The van der Waals surface area contributed by atoms with Crippen molar-refractivity contribution in [1.82, 2.24) is 4.90 Å². The summed E-state index contributed by atoms with van der Waals surface area (Å²) in [5.74, 6) is 0.289. The van der Waals surface area contributed by atoms with Gasteiger partial charge in [0, 0.05) is 19.0 Å². The van der Waals surface area contributed by atoms with Crippen LogP contribution in [0.4, 0.5) is 0 Å². The topological polar surface area (TPSA) is 46.6 Å². The molecule has 0 aromatic heterocycles. The standard InChI is InChI=1S/C20H35NO3/c1-2-3-14-21(18-12-8-5-9-13-18)19(22)16-24-20(23)15-17-10-6-4-7-11-17/h17-18H,2-16H2,1H3. The molecule has 0 aromatic rings. The summed E-state index contributed by atoms with van der Waals surface area (Å²) in [6, 6.07) is 0.356. The predicted octanol–water partition coefficient (Wildman–Crippen LogP) is 4.46. The Kier molecular flexibility index (Phi) is 8.62. The fraction of sp³-hybridized carbons (Fsp3) is 0.900. The van der Waals surface area contributed by atoms with E-state index in [-0.39, 0.29) is 18.5 Å². The molecule has 0 saturated heterocycles. The lowest BCUT2D eigenvalue weighted by atomic mass is 9.87. The number of ether oxygens (including phenoxy) is 1. The fourth-order valence-corrected chi connectivity index (χ4v) is 4.14. The molecular formula is C20H35NO3. The first kappa shape index (κ1) is 19.3. The largest absolute Gasteiger partial charge is 0.456 e. The van der Waals surface area contributed by atoms with Gasteiger partial charge in [-0.05, 0) is 38.0 Å². The average Bonchev–Trinajstić information content (AvgIpc) is 2.62. The van der Waals surface area contributed by atoms with Crippen LogP contribution in [0.3, 0.4) is 0 Å². The zero-order valence-corrected chi connectivity index (χ0v) is 15.4. The molecule has 0 bridgehead atoms. The van der Waals surface area contributed by atoms with Crippen molar-refractivity contribution in [2.45, 2.75) is 96.4 Å². The minimum absolute atomic E-state index is 0.00680. The molecule has 2 aliphatic carbocycles. The number of carbonyl (C=O) groups excluding carboxylic acids is 2. The third-order valence-electron chi connectivity index (χ3n) is 5.63. The van der Waals surface area contributed by atoms with Crippen molar-refractivity contribution in [2.75, 3.05) is 13.2 Å². The van der Waals surface area contributed by atoms with Crippen LogP contribution in [0, 0.1) is 5.92 Å². The van der Waals surface area contributed by atoms with Crippen molar-refractivity contribution in [1.29, 1.82) is 0 Å². The van der Waals surface area contributed by atoms with Crippen molar-refractivity contribution < 1.29 is 14.3 Å². The van der Waals surface area contributed by atoms with Crippen LogP contribution < -0.4 is 0 Å². The summed E-state index contributed by atoms with van der Waals surface area (Å²) in [4.78, 5) is 26.6. The van der Waals surface area contributed by atoms with Crippen molar-refractivity contribution >= 4 is 11.9 Å². The Labute approximate surface area is 147 Å². The minimum Gasteiger partial charge on any atom is -0.456 e. The zero-order chi connectivity index (χ0) is 17.2. The summed E-state index contributed by atoms with van der Waals surface area (Å²) >= 11 is 0. The Bertz CT molecular complexity index is 384. The van der Waals surface area contributed by atoms with Crippen LogP contribution in [0.2, 0.25) is 0 Å². The maximum absolute atomic E-state index is 12.6. The Balaban J connectivity index is 1.76. The zero-order valence-electron chi connectivity index (χ0n) is 15.4. The maximum Gasteiger partial charge on any atom is 0.306 e. The second-order valence-electron chi connectivity index (χ2n) is 7.60. The molecule has 2 saturated carbocycles. The number of hydrogen-bond acceptors (Lipinski definition) is 3. The van der Waals surface area contributed by atoms with E-state index in [9.17, 15) is 9.59 Å². The molecule has 0 heterocycles. The first-order valence-corrected chi connectivity index (χ1v) is 10.2. The Morgan fingerprint density at radius 1 is 0.958 bits per heavy atom. The van der Waals surface area contributed by atoms with E-state index in [1.807, 2.05) is 4.90 Å². The van der Waals surface area contributed by atoms with Crippen molar-refractivity contribution in [3.05, 3.63) is 0 Å². The van der Waals surface area contributed by atoms with E-state index < -0.39 is 0 Å². The van der Waals surface area contributed by atoms with E-state index in [2.05, 4.69) is 6.92 Å². The summed E-state index contributed by atoms with van der Waals surface area (Å²) in [7, 11) is 0. The second-order valence-corrected chi connectivity index (χ2v) is 7.60. The minimum atomic E-state index is -0.186. The molecule has 4 heteroatoms. The van der Waals surface area contributed by atoms with Gasteiger partial charge in [-0.3, -0.25) is 9.59 Å². The quantitative estimate of drug-likeness (QED) is 0.614. The monoisotopic (exact) mass is 337 g/mol. The highest BCUT2D eigenvalue weighted by Gasteiger charge is 2.26. The van der Waals surface area contributed by atoms with Crippen molar-refractivity contribution in [3.8, 4) is 0 Å². The molecule has 2 fully saturated rings. The molecule has 0 spiro atoms. The van der Waals surface area contributed by atoms with E-state index in [1.165, 1.54) is 38.5 Å². The van der Waals surface area contributed by atoms with Gasteiger partial charge in [0.05, 0.1) is 0 Å². The normalized spacial score (nSPS) is 19.9. The smallest absolute Gasteiger partial charge is 0.306 e. The van der Waals surface area contributed by atoms with Gasteiger partial charge in [0.15, 0.2) is 6.61 Å². The molecule has 0 atom stereocenters. The van der Waals surface area contributed by atoms with Crippen LogP contribution in [0.25, 0.3) is 0 Å². The van der Waals surface area contributed by atoms with Gasteiger partial charge in [-0.15, -0.1) is 0 Å². The maximum atomic E-state index is 12.6. The van der Waals surface area contributed by atoms with E-state index >= 15 is 0 Å². The van der Waals surface area contributed by atoms with Gasteiger partial charge >= 0.3 is 5.97 Å². The summed E-state index contributed by atoms with van der Waals surface area (Å²) in [5.41, 5.74) is 0. The van der Waals surface area contributed by atoms with Crippen LogP contribution >= 0.6 is 0 Å². The van der Waals surface area contributed by atoms with E-state index in [0.29, 0.717) is 18.4 Å². The molecule has 2 aliphatic rings. The first-order chi connectivity index (χ1) is 11.7. The van der Waals surface area contributed by atoms with E-state index in [4.69, 9.17) is 4.74 Å². The number of esters is 1. The molecule has 0 N–H and O–H groups in total. The number of amides is 1. The van der Waals surface area contributed by atoms with Crippen LogP contribution in [0.5, 0.6) is 0 Å². The highest BCUT2D eigenvalue weighted by Crippen LogP contribution is 2.27. The lowest BCUT2D eigenvalue weighted by Gasteiger charge is -2.34. The molecular weight excluding hydrogens is 302 g/mol. The summed E-state index contributed by atoms with van der Waals surface area (Å²) in [5, 5.41) is 0. The summed E-state index contributed by atoms with van der Waals surface area (Å²) < 4.78 is 5.33. The Hall–Kier alpha value is -1.06. The molecule has 2 rings (SSSR count). The average molecular weight is 338 g/mol. The fourth-order valence-electron chi connectivity index (χ4n) is 4.14. The molecule has 138 valence electrons. The molecule has 1 amide bonds. The summed E-state index contributed by atoms with van der Waals surface area (Å²) in [6.07, 6.45) is 14.5. The van der Waals surface area contributed by atoms with Gasteiger partial charge < -0.3 is 9.64 Å².